The summed E-state index contributed by atoms with van der Waals surface area (Å²) >= 11 is 8.35. The van der Waals surface area contributed by atoms with Gasteiger partial charge in [-0.25, -0.2) is 4.98 Å². The number of thiocarbonyl (C=S) groups is 1. The molecule has 6 nitrogen and oxygen atoms in total. The Kier molecular flexibility index (Phi) is 8.22. The van der Waals surface area contributed by atoms with Gasteiger partial charge in [0.25, 0.3) is 0 Å². The first kappa shape index (κ1) is 25.0. The molecule has 0 saturated heterocycles. The molecule has 1 amide bonds. The molecule has 0 aliphatic heterocycles. The van der Waals surface area contributed by atoms with E-state index < -0.39 is 0 Å². The van der Waals surface area contributed by atoms with E-state index >= 15 is 0 Å². The molecule has 0 aliphatic rings. The van der Waals surface area contributed by atoms with Crippen LogP contribution in [0.15, 0.2) is 71.6 Å². The SMILES string of the molecule is CCOc1ccc2nc(NC(=O)C(C)Sc3cccc(NC(=S)Nc4ccc(C)cc4)c3)sc2c1. The molecule has 3 aromatic carbocycles. The Morgan fingerprint density at radius 3 is 2.60 bits per heavy atom. The monoisotopic (exact) mass is 522 g/mol. The number of rotatable bonds is 8. The lowest BCUT2D eigenvalue weighted by atomic mass is 10.2. The minimum atomic E-state index is -0.311. The van der Waals surface area contributed by atoms with Gasteiger partial charge in [-0.3, -0.25) is 4.79 Å². The molecule has 0 saturated carbocycles. The summed E-state index contributed by atoms with van der Waals surface area (Å²) in [5.74, 6) is 0.696. The standard InChI is InChI=1S/C26H26N4O2S3/c1-4-32-20-12-13-22-23(15-20)35-26(29-22)30-24(31)17(3)34-21-7-5-6-19(14-21)28-25(33)27-18-10-8-16(2)9-11-18/h5-15,17H,4H2,1-3H3,(H2,27,28,33)(H,29,30,31). The quantitative estimate of drug-likeness (QED) is 0.171. The molecule has 0 spiro atoms. The van der Waals surface area contributed by atoms with Crippen LogP contribution < -0.4 is 20.7 Å². The van der Waals surface area contributed by atoms with Crippen molar-refractivity contribution in [3.63, 3.8) is 0 Å². The highest BCUT2D eigenvalue weighted by atomic mass is 32.2. The first-order valence-electron chi connectivity index (χ1n) is 11.2. The average Bonchev–Trinajstić information content (AvgIpc) is 3.22. The predicted molar refractivity (Wildman–Crippen MR) is 152 cm³/mol. The van der Waals surface area contributed by atoms with Crippen LogP contribution in [0.4, 0.5) is 16.5 Å². The van der Waals surface area contributed by atoms with Gasteiger partial charge in [0, 0.05) is 16.3 Å². The summed E-state index contributed by atoms with van der Waals surface area (Å²) in [5, 5.41) is 10.1. The number of anilines is 3. The topological polar surface area (TPSA) is 75.3 Å². The van der Waals surface area contributed by atoms with E-state index in [1.165, 1.54) is 28.7 Å². The fraction of sp³-hybridized carbons (Fsp3) is 0.192. The number of aromatic nitrogens is 1. The van der Waals surface area contributed by atoms with E-state index in [4.69, 9.17) is 17.0 Å². The summed E-state index contributed by atoms with van der Waals surface area (Å²) < 4.78 is 6.52. The largest absolute Gasteiger partial charge is 0.494 e. The number of hydrogen-bond acceptors (Lipinski definition) is 6. The number of aryl methyl sites for hydroxylation is 1. The van der Waals surface area contributed by atoms with E-state index in [1.807, 2.05) is 87.5 Å². The second kappa shape index (κ2) is 11.5. The Balaban J connectivity index is 1.34. The first-order valence-corrected chi connectivity index (χ1v) is 13.3. The van der Waals surface area contributed by atoms with E-state index in [9.17, 15) is 4.79 Å². The highest BCUT2D eigenvalue weighted by Gasteiger charge is 2.17. The Bertz CT molecular complexity index is 1340. The number of nitrogens with zero attached hydrogens (tertiary/aromatic N) is 1. The summed E-state index contributed by atoms with van der Waals surface area (Å²) in [4.78, 5) is 18.3. The van der Waals surface area contributed by atoms with E-state index in [0.717, 1.165) is 32.2 Å². The van der Waals surface area contributed by atoms with Crippen molar-refractivity contribution in [1.82, 2.24) is 4.98 Å². The van der Waals surface area contributed by atoms with Gasteiger partial charge in [-0.2, -0.15) is 0 Å². The van der Waals surface area contributed by atoms with E-state index in [2.05, 4.69) is 20.9 Å². The molecule has 9 heteroatoms. The zero-order valence-electron chi connectivity index (χ0n) is 19.6. The number of thioether (sulfide) groups is 1. The Labute approximate surface area is 218 Å². The average molecular weight is 523 g/mol. The smallest absolute Gasteiger partial charge is 0.239 e. The molecule has 3 N–H and O–H groups in total. The highest BCUT2D eigenvalue weighted by Crippen LogP contribution is 2.31. The lowest BCUT2D eigenvalue weighted by molar-refractivity contribution is -0.115. The summed E-state index contributed by atoms with van der Waals surface area (Å²) in [6.45, 7) is 6.48. The molecule has 35 heavy (non-hydrogen) atoms. The van der Waals surface area contributed by atoms with Gasteiger partial charge in [0.15, 0.2) is 10.2 Å². The van der Waals surface area contributed by atoms with Gasteiger partial charge in [-0.1, -0.05) is 35.1 Å². The normalized spacial score (nSPS) is 11.6. The van der Waals surface area contributed by atoms with Crippen molar-refractivity contribution in [2.45, 2.75) is 30.9 Å². The van der Waals surface area contributed by atoms with Crippen LogP contribution in [0.5, 0.6) is 5.75 Å². The molecular formula is C26H26N4O2S3. The molecule has 0 radical (unpaired) electrons. The van der Waals surface area contributed by atoms with Gasteiger partial charge >= 0.3 is 0 Å². The highest BCUT2D eigenvalue weighted by molar-refractivity contribution is 8.00. The van der Waals surface area contributed by atoms with Gasteiger partial charge in [-0.15, -0.1) is 11.8 Å². The summed E-state index contributed by atoms with van der Waals surface area (Å²) in [6.07, 6.45) is 0. The third kappa shape index (κ3) is 6.94. The number of carbonyl (C=O) groups is 1. The van der Waals surface area contributed by atoms with Crippen molar-refractivity contribution < 1.29 is 9.53 Å². The molecule has 1 unspecified atom stereocenters. The van der Waals surface area contributed by atoms with Crippen molar-refractivity contribution >= 4 is 73.1 Å². The minimum absolute atomic E-state index is 0.103. The maximum Gasteiger partial charge on any atom is 0.239 e. The van der Waals surface area contributed by atoms with Crippen LogP contribution in [0.1, 0.15) is 19.4 Å². The van der Waals surface area contributed by atoms with Crippen molar-refractivity contribution in [3.05, 3.63) is 72.3 Å². The van der Waals surface area contributed by atoms with Crippen LogP contribution in [-0.4, -0.2) is 27.9 Å². The fourth-order valence-corrected chi connectivity index (χ4v) is 5.32. The minimum Gasteiger partial charge on any atom is -0.494 e. The number of amides is 1. The fourth-order valence-electron chi connectivity index (χ4n) is 3.26. The molecule has 0 aliphatic carbocycles. The van der Waals surface area contributed by atoms with Crippen LogP contribution in [-0.2, 0) is 4.79 Å². The molecule has 4 rings (SSSR count). The van der Waals surface area contributed by atoms with Gasteiger partial charge in [0.1, 0.15) is 5.75 Å². The van der Waals surface area contributed by atoms with Gasteiger partial charge in [-0.05, 0) is 81.5 Å². The van der Waals surface area contributed by atoms with Crippen LogP contribution in [0.2, 0.25) is 0 Å². The molecule has 1 heterocycles. The Morgan fingerprint density at radius 2 is 1.83 bits per heavy atom. The molecule has 1 aromatic heterocycles. The number of ether oxygens (including phenoxy) is 1. The second-order valence-corrected chi connectivity index (χ2v) is 10.7. The molecule has 4 aromatic rings. The molecule has 0 bridgehead atoms. The number of nitrogens with one attached hydrogen (secondary N) is 3. The first-order chi connectivity index (χ1) is 16.9. The summed E-state index contributed by atoms with van der Waals surface area (Å²) in [7, 11) is 0. The maximum atomic E-state index is 12.8. The number of hydrogen-bond donors (Lipinski definition) is 3. The second-order valence-electron chi connectivity index (χ2n) is 7.80. The lowest BCUT2D eigenvalue weighted by Gasteiger charge is -2.13. The van der Waals surface area contributed by atoms with Gasteiger partial charge in [0.05, 0.1) is 22.1 Å². The maximum absolute atomic E-state index is 12.8. The van der Waals surface area contributed by atoms with Crippen molar-refractivity contribution in [3.8, 4) is 5.75 Å². The van der Waals surface area contributed by atoms with Crippen LogP contribution >= 0.6 is 35.3 Å². The predicted octanol–water partition coefficient (Wildman–Crippen LogP) is 6.93. The lowest BCUT2D eigenvalue weighted by Crippen LogP contribution is -2.22. The van der Waals surface area contributed by atoms with Crippen molar-refractivity contribution in [2.24, 2.45) is 0 Å². The van der Waals surface area contributed by atoms with Crippen LogP contribution in [0, 0.1) is 6.92 Å². The number of thiazole rings is 1. The van der Waals surface area contributed by atoms with Gasteiger partial charge < -0.3 is 20.7 Å². The Morgan fingerprint density at radius 1 is 1.06 bits per heavy atom. The molecule has 180 valence electrons. The zero-order valence-corrected chi connectivity index (χ0v) is 22.1. The molecule has 0 fully saturated rings. The number of fused-ring (bicyclic) bond motifs is 1. The third-order valence-electron chi connectivity index (χ3n) is 4.98. The number of benzene rings is 3. The third-order valence-corrected chi connectivity index (χ3v) is 7.22. The Hall–Kier alpha value is -3.14. The van der Waals surface area contributed by atoms with E-state index in [0.29, 0.717) is 16.9 Å². The zero-order chi connectivity index (χ0) is 24.8. The summed E-state index contributed by atoms with van der Waals surface area (Å²) in [5.41, 5.74) is 3.80. The van der Waals surface area contributed by atoms with Crippen LogP contribution in [0.3, 0.4) is 0 Å². The van der Waals surface area contributed by atoms with Crippen LogP contribution in [0.25, 0.3) is 10.2 Å². The molecular weight excluding hydrogens is 497 g/mol. The number of carbonyl (C=O) groups excluding carboxylic acids is 1. The van der Waals surface area contributed by atoms with Crippen molar-refractivity contribution in [2.75, 3.05) is 22.6 Å². The van der Waals surface area contributed by atoms with Gasteiger partial charge in [0.2, 0.25) is 5.91 Å². The summed E-state index contributed by atoms with van der Waals surface area (Å²) in [6, 6.07) is 21.6. The van der Waals surface area contributed by atoms with E-state index in [1.54, 1.807) is 0 Å². The van der Waals surface area contributed by atoms with E-state index in [-0.39, 0.29) is 11.2 Å². The molecule has 1 atom stereocenters. The van der Waals surface area contributed by atoms with Crippen molar-refractivity contribution in [1.29, 1.82) is 0 Å².